The molecule has 2 amide bonds. The van der Waals surface area contributed by atoms with Gasteiger partial charge in [-0.2, -0.15) is 0 Å². The summed E-state index contributed by atoms with van der Waals surface area (Å²) in [6.45, 7) is 18.7. The molecule has 0 aromatic carbocycles. The van der Waals surface area contributed by atoms with Crippen LogP contribution in [0, 0.1) is 11.8 Å². The van der Waals surface area contributed by atoms with E-state index in [1.54, 1.807) is 44.9 Å². The number of nitrogens with zero attached hydrogens (tertiary/aromatic N) is 3. The van der Waals surface area contributed by atoms with Crippen LogP contribution < -0.4 is 10.8 Å². The van der Waals surface area contributed by atoms with Crippen molar-refractivity contribution in [1.29, 1.82) is 0 Å². The molecule has 36 heavy (non-hydrogen) atoms. The number of hydrogen-bond acceptors (Lipinski definition) is 8. The van der Waals surface area contributed by atoms with E-state index < -0.39 is 36.1 Å². The fraction of sp³-hybridized carbons (Fsp3) is 0.760. The fourth-order valence-corrected chi connectivity index (χ4v) is 4.92. The van der Waals surface area contributed by atoms with Gasteiger partial charge in [-0.05, 0) is 66.7 Å². The van der Waals surface area contributed by atoms with Crippen molar-refractivity contribution in [3.05, 3.63) is 12.4 Å². The average molecular weight is 521 g/mol. The molecule has 0 unspecified atom stereocenters. The maximum absolute atomic E-state index is 13.2. The highest BCUT2D eigenvalue weighted by molar-refractivity contribution is 7.99. The molecule has 1 N–H and O–H groups in total. The molecule has 0 saturated carbocycles. The van der Waals surface area contributed by atoms with E-state index >= 15 is 0 Å². The zero-order valence-corrected chi connectivity index (χ0v) is 23.9. The van der Waals surface area contributed by atoms with Crippen molar-refractivity contribution < 1.29 is 23.6 Å². The molecule has 11 heteroatoms. The van der Waals surface area contributed by atoms with Crippen LogP contribution in [-0.2, 0) is 18.8 Å². The maximum Gasteiger partial charge on any atom is 0.498 e. The van der Waals surface area contributed by atoms with E-state index in [4.69, 9.17) is 14.0 Å². The number of likely N-dealkylation sites (tertiary alicyclic amines) is 1. The molecule has 1 aromatic heterocycles. The second-order valence-electron chi connectivity index (χ2n) is 12.0. The van der Waals surface area contributed by atoms with Crippen molar-refractivity contribution in [3.63, 3.8) is 0 Å². The Morgan fingerprint density at radius 3 is 2.31 bits per heavy atom. The van der Waals surface area contributed by atoms with Crippen molar-refractivity contribution in [3.8, 4) is 0 Å². The average Bonchev–Trinajstić information content (AvgIpc) is 3.30. The lowest BCUT2D eigenvalue weighted by Crippen LogP contribution is -2.51. The van der Waals surface area contributed by atoms with E-state index in [0.29, 0.717) is 24.2 Å². The highest BCUT2D eigenvalue weighted by Crippen LogP contribution is 2.36. The number of carbonyl (C=O) groups is 2. The summed E-state index contributed by atoms with van der Waals surface area (Å²) in [7, 11) is -0.480. The summed E-state index contributed by atoms with van der Waals surface area (Å²) < 4.78 is 17.5. The second kappa shape index (κ2) is 10.9. The SMILES string of the molecule is CC(C)[C@H](NC(=O)OC(C)(C)C)C(=O)N1CC[C@H](CSc2ncc(B3OC(C)(C)C(C)(C)O3)cn2)C1. The van der Waals surface area contributed by atoms with Gasteiger partial charge in [0.1, 0.15) is 11.6 Å². The highest BCUT2D eigenvalue weighted by atomic mass is 32.2. The number of rotatable bonds is 7. The third-order valence-electron chi connectivity index (χ3n) is 6.82. The molecule has 2 fully saturated rings. The summed E-state index contributed by atoms with van der Waals surface area (Å²) in [5, 5.41) is 3.45. The molecular weight excluding hydrogens is 479 g/mol. The third kappa shape index (κ3) is 7.13. The molecule has 2 saturated heterocycles. The molecule has 1 aromatic rings. The number of ether oxygens (including phenoxy) is 1. The number of alkyl carbamates (subject to hydrolysis) is 1. The molecule has 2 atom stereocenters. The van der Waals surface area contributed by atoms with Crippen molar-refractivity contribution in [2.24, 2.45) is 11.8 Å². The zero-order valence-electron chi connectivity index (χ0n) is 23.1. The number of amides is 2. The van der Waals surface area contributed by atoms with Gasteiger partial charge in [0.05, 0.1) is 11.2 Å². The van der Waals surface area contributed by atoms with Gasteiger partial charge in [0.2, 0.25) is 5.91 Å². The maximum atomic E-state index is 13.2. The van der Waals surface area contributed by atoms with Crippen molar-refractivity contribution in [1.82, 2.24) is 20.2 Å². The standard InChI is InChI=1S/C25H41BN4O5S/c1-16(2)19(29-22(32)33-23(3,4)5)20(31)30-11-10-17(14-30)15-36-21-27-12-18(13-28-21)26-34-24(6,7)25(8,9)35-26/h12-13,16-17,19H,10-11,14-15H2,1-9H3,(H,29,32)/t17-,19-/m0/s1. The Labute approximate surface area is 220 Å². The number of carbonyl (C=O) groups excluding carboxylic acids is 2. The lowest BCUT2D eigenvalue weighted by atomic mass is 9.81. The Kier molecular flexibility index (Phi) is 8.67. The summed E-state index contributed by atoms with van der Waals surface area (Å²) in [6.07, 6.45) is 3.86. The third-order valence-corrected chi connectivity index (χ3v) is 7.93. The number of nitrogens with one attached hydrogen (secondary N) is 1. The van der Waals surface area contributed by atoms with Gasteiger partial charge in [0.15, 0.2) is 5.16 Å². The Bertz CT molecular complexity index is 919. The number of aromatic nitrogens is 2. The molecule has 0 radical (unpaired) electrons. The molecule has 0 aliphatic carbocycles. The molecule has 3 heterocycles. The molecular formula is C25H41BN4O5S. The van der Waals surface area contributed by atoms with Gasteiger partial charge in [-0.25, -0.2) is 14.8 Å². The van der Waals surface area contributed by atoms with Gasteiger partial charge in [-0.1, -0.05) is 25.6 Å². The Hall–Kier alpha value is -1.85. The Balaban J connectivity index is 1.50. The van der Waals surface area contributed by atoms with Crippen molar-refractivity contribution >= 4 is 36.3 Å². The van der Waals surface area contributed by atoms with Crippen LogP contribution >= 0.6 is 11.8 Å². The van der Waals surface area contributed by atoms with Crippen LogP contribution in [-0.4, -0.2) is 75.7 Å². The van der Waals surface area contributed by atoms with Crippen molar-refractivity contribution in [2.45, 2.75) is 96.7 Å². The predicted octanol–water partition coefficient (Wildman–Crippen LogP) is 3.27. The van der Waals surface area contributed by atoms with Gasteiger partial charge in [0, 0.05) is 36.7 Å². The molecule has 3 rings (SSSR count). The van der Waals surface area contributed by atoms with E-state index in [9.17, 15) is 9.59 Å². The number of hydrogen-bond donors (Lipinski definition) is 1. The predicted molar refractivity (Wildman–Crippen MR) is 141 cm³/mol. The molecule has 9 nitrogen and oxygen atoms in total. The van der Waals surface area contributed by atoms with Gasteiger partial charge in [-0.3, -0.25) is 4.79 Å². The normalized spacial score (nSPS) is 22.1. The summed E-state index contributed by atoms with van der Waals surface area (Å²) in [5.41, 5.74) is -0.635. The van der Waals surface area contributed by atoms with Gasteiger partial charge in [-0.15, -0.1) is 0 Å². The minimum Gasteiger partial charge on any atom is -0.444 e. The van der Waals surface area contributed by atoms with E-state index in [2.05, 4.69) is 15.3 Å². The van der Waals surface area contributed by atoms with Gasteiger partial charge in [0.25, 0.3) is 0 Å². The van der Waals surface area contributed by atoms with Crippen LogP contribution in [0.3, 0.4) is 0 Å². The lowest BCUT2D eigenvalue weighted by molar-refractivity contribution is -0.133. The lowest BCUT2D eigenvalue weighted by Gasteiger charge is -2.32. The van der Waals surface area contributed by atoms with Crippen molar-refractivity contribution in [2.75, 3.05) is 18.8 Å². The summed E-state index contributed by atoms with van der Waals surface area (Å²) in [4.78, 5) is 36.3. The van der Waals surface area contributed by atoms with Crippen LogP contribution in [0.4, 0.5) is 4.79 Å². The largest absolute Gasteiger partial charge is 0.498 e. The minimum atomic E-state index is -0.616. The Morgan fingerprint density at radius 2 is 1.78 bits per heavy atom. The van der Waals surface area contributed by atoms with E-state index in [1.807, 2.05) is 46.4 Å². The summed E-state index contributed by atoms with van der Waals surface area (Å²) in [6, 6.07) is -0.614. The van der Waals surface area contributed by atoms with Gasteiger partial charge < -0.3 is 24.3 Å². The molecule has 200 valence electrons. The minimum absolute atomic E-state index is 0.0469. The molecule has 0 bridgehead atoms. The molecule has 2 aliphatic heterocycles. The van der Waals surface area contributed by atoms with Crippen LogP contribution in [0.15, 0.2) is 17.6 Å². The van der Waals surface area contributed by atoms with E-state index in [1.165, 1.54) is 0 Å². The monoisotopic (exact) mass is 520 g/mol. The first-order valence-corrected chi connectivity index (χ1v) is 13.7. The van der Waals surface area contributed by atoms with E-state index in [0.717, 1.165) is 17.6 Å². The fourth-order valence-electron chi connectivity index (χ4n) is 4.01. The zero-order chi connectivity index (χ0) is 26.9. The summed E-state index contributed by atoms with van der Waals surface area (Å²) in [5.74, 6) is 1.03. The number of thioether (sulfide) groups is 1. The smallest absolute Gasteiger partial charge is 0.444 e. The first-order valence-electron chi connectivity index (χ1n) is 12.7. The first kappa shape index (κ1) is 28.7. The topological polar surface area (TPSA) is 103 Å². The molecule has 0 spiro atoms. The van der Waals surface area contributed by atoms with Gasteiger partial charge >= 0.3 is 13.2 Å². The summed E-state index contributed by atoms with van der Waals surface area (Å²) >= 11 is 1.58. The Morgan fingerprint density at radius 1 is 1.19 bits per heavy atom. The van der Waals surface area contributed by atoms with Crippen LogP contribution in [0.5, 0.6) is 0 Å². The van der Waals surface area contributed by atoms with Crippen LogP contribution in [0.1, 0.15) is 68.7 Å². The van der Waals surface area contributed by atoms with Crippen LogP contribution in [0.2, 0.25) is 0 Å². The van der Waals surface area contributed by atoms with E-state index in [-0.39, 0.29) is 11.8 Å². The second-order valence-corrected chi connectivity index (χ2v) is 13.0. The first-order chi connectivity index (χ1) is 16.6. The molecule has 2 aliphatic rings. The highest BCUT2D eigenvalue weighted by Gasteiger charge is 2.52. The van der Waals surface area contributed by atoms with Crippen LogP contribution in [0.25, 0.3) is 0 Å². The quantitative estimate of drug-likeness (QED) is 0.332.